The maximum Gasteiger partial charge on any atom is 0.437 e. The van der Waals surface area contributed by atoms with Gasteiger partial charge in [-0.25, -0.2) is 4.79 Å². The number of rotatable bonds is 8. The monoisotopic (exact) mass is 493 g/mol. The molecule has 1 aromatic carbocycles. The standard InChI is InChI=1S/C22H27N3O10/c1-5-17(29)24-18-20(33-14(4)28)19(32-13(3)27)16(11-31-12(2)26)34-21(18)25-35-22(30)23-15-9-7-6-8-10-15/h6-10,16,18-20H,5,11H2,1-4H3,(H,23,30)(H,24,29)/b25-21-/t16?,18?,19-,20?/m1/s1. The molecule has 0 bridgehead atoms. The molecule has 13 nitrogen and oxygen atoms in total. The fourth-order valence-electron chi connectivity index (χ4n) is 3.07. The number of hydrogen-bond donors (Lipinski definition) is 2. The van der Waals surface area contributed by atoms with Gasteiger partial charge in [-0.2, -0.15) is 0 Å². The lowest BCUT2D eigenvalue weighted by molar-refractivity contribution is -0.186. The molecule has 4 atom stereocenters. The lowest BCUT2D eigenvalue weighted by Crippen LogP contribution is -2.64. The van der Waals surface area contributed by atoms with Crippen molar-refractivity contribution in [3.63, 3.8) is 0 Å². The minimum Gasteiger partial charge on any atom is -0.466 e. The van der Waals surface area contributed by atoms with Crippen LogP contribution in [-0.4, -0.2) is 66.8 Å². The smallest absolute Gasteiger partial charge is 0.437 e. The van der Waals surface area contributed by atoms with E-state index in [1.165, 1.54) is 0 Å². The highest BCUT2D eigenvalue weighted by Gasteiger charge is 2.50. The third-order valence-corrected chi connectivity index (χ3v) is 4.49. The van der Waals surface area contributed by atoms with Crippen molar-refractivity contribution in [1.29, 1.82) is 0 Å². The van der Waals surface area contributed by atoms with E-state index in [0.29, 0.717) is 5.69 Å². The Morgan fingerprint density at radius 3 is 2.14 bits per heavy atom. The molecule has 1 aliphatic rings. The topological polar surface area (TPSA) is 168 Å². The number of carbonyl (C=O) groups excluding carboxylic acids is 5. The van der Waals surface area contributed by atoms with Crippen LogP contribution in [0.5, 0.6) is 0 Å². The molecule has 1 aliphatic heterocycles. The number of carbonyl (C=O) groups is 5. The first-order valence-electron chi connectivity index (χ1n) is 10.7. The Morgan fingerprint density at radius 2 is 1.57 bits per heavy atom. The van der Waals surface area contributed by atoms with Gasteiger partial charge in [-0.1, -0.05) is 25.1 Å². The fraction of sp³-hybridized carbons (Fsp3) is 0.455. The zero-order valence-corrected chi connectivity index (χ0v) is 19.6. The molecule has 1 heterocycles. The quantitative estimate of drug-likeness (QED) is 0.233. The highest BCUT2D eigenvalue weighted by Crippen LogP contribution is 2.25. The molecule has 1 aromatic rings. The number of amides is 2. The van der Waals surface area contributed by atoms with Gasteiger partial charge in [0.1, 0.15) is 12.6 Å². The molecule has 13 heteroatoms. The summed E-state index contributed by atoms with van der Waals surface area (Å²) in [5, 5.41) is 8.69. The Balaban J connectivity index is 2.39. The van der Waals surface area contributed by atoms with Gasteiger partial charge in [0.05, 0.1) is 0 Å². The van der Waals surface area contributed by atoms with Gasteiger partial charge >= 0.3 is 24.0 Å². The number of para-hydroxylation sites is 1. The number of ether oxygens (including phenoxy) is 4. The number of esters is 3. The molecule has 190 valence electrons. The lowest BCUT2D eigenvalue weighted by Gasteiger charge is -2.41. The third-order valence-electron chi connectivity index (χ3n) is 4.49. The first kappa shape index (κ1) is 27.1. The van der Waals surface area contributed by atoms with E-state index in [9.17, 15) is 24.0 Å². The summed E-state index contributed by atoms with van der Waals surface area (Å²) < 4.78 is 21.3. The number of nitrogens with zero attached hydrogens (tertiary/aromatic N) is 1. The van der Waals surface area contributed by atoms with E-state index in [0.717, 1.165) is 20.8 Å². The van der Waals surface area contributed by atoms with Gasteiger partial charge in [-0.15, -0.1) is 0 Å². The van der Waals surface area contributed by atoms with Crippen LogP contribution in [-0.2, 0) is 43.0 Å². The van der Waals surface area contributed by atoms with Crippen molar-refractivity contribution in [3.05, 3.63) is 30.3 Å². The maximum absolute atomic E-state index is 12.2. The van der Waals surface area contributed by atoms with Crippen LogP contribution in [0.4, 0.5) is 10.5 Å². The van der Waals surface area contributed by atoms with Gasteiger partial charge in [0, 0.05) is 32.9 Å². The van der Waals surface area contributed by atoms with E-state index in [2.05, 4.69) is 15.8 Å². The van der Waals surface area contributed by atoms with Crippen molar-refractivity contribution < 1.29 is 47.8 Å². The van der Waals surface area contributed by atoms with Crippen LogP contribution in [0.15, 0.2) is 35.5 Å². The highest BCUT2D eigenvalue weighted by molar-refractivity contribution is 5.90. The maximum atomic E-state index is 12.2. The van der Waals surface area contributed by atoms with E-state index < -0.39 is 60.9 Å². The van der Waals surface area contributed by atoms with Crippen LogP contribution in [0.3, 0.4) is 0 Å². The summed E-state index contributed by atoms with van der Waals surface area (Å²) in [5.74, 6) is -3.03. The summed E-state index contributed by atoms with van der Waals surface area (Å²) in [6, 6.07) is 7.08. The summed E-state index contributed by atoms with van der Waals surface area (Å²) in [5.41, 5.74) is 0.429. The third kappa shape index (κ3) is 8.61. The number of anilines is 1. The molecule has 2 rings (SSSR count). The molecular formula is C22H27N3O10. The molecule has 2 amide bonds. The second kappa shape index (κ2) is 12.9. The molecule has 2 N–H and O–H groups in total. The van der Waals surface area contributed by atoms with Crippen molar-refractivity contribution >= 4 is 41.5 Å². The van der Waals surface area contributed by atoms with E-state index in [4.69, 9.17) is 23.8 Å². The highest BCUT2D eigenvalue weighted by atomic mass is 16.7. The number of benzene rings is 1. The molecule has 1 fully saturated rings. The normalized spacial score (nSPS) is 22.2. The largest absolute Gasteiger partial charge is 0.466 e. The van der Waals surface area contributed by atoms with Crippen molar-refractivity contribution in [3.8, 4) is 0 Å². The summed E-state index contributed by atoms with van der Waals surface area (Å²) in [4.78, 5) is 64.3. The van der Waals surface area contributed by atoms with Crippen LogP contribution >= 0.6 is 0 Å². The number of hydrogen-bond acceptors (Lipinski definition) is 11. The second-order valence-corrected chi connectivity index (χ2v) is 7.31. The van der Waals surface area contributed by atoms with Crippen molar-refractivity contribution in [2.75, 3.05) is 11.9 Å². The number of oxime groups is 1. The summed E-state index contributed by atoms with van der Waals surface area (Å²) in [6.45, 7) is 4.54. The SMILES string of the molecule is CCC(=O)NC1/C(=N/OC(=O)Nc2ccccc2)OC(COC(C)=O)[C@@H](OC(C)=O)C1OC(C)=O. The minimum absolute atomic E-state index is 0.0427. The van der Waals surface area contributed by atoms with Crippen LogP contribution in [0.2, 0.25) is 0 Å². The Morgan fingerprint density at radius 1 is 0.943 bits per heavy atom. The van der Waals surface area contributed by atoms with Gasteiger partial charge in [0.25, 0.3) is 5.90 Å². The molecule has 0 radical (unpaired) electrons. The van der Waals surface area contributed by atoms with Crippen LogP contribution < -0.4 is 10.6 Å². The molecule has 1 saturated heterocycles. The molecule has 0 spiro atoms. The van der Waals surface area contributed by atoms with E-state index in [-0.39, 0.29) is 12.3 Å². The van der Waals surface area contributed by atoms with Crippen molar-refractivity contribution in [2.24, 2.45) is 5.16 Å². The Kier molecular flexibility index (Phi) is 9.99. The Bertz CT molecular complexity index is 965. The van der Waals surface area contributed by atoms with Gasteiger partial charge in [0.2, 0.25) is 5.91 Å². The Labute approximate surface area is 201 Å². The predicted octanol–water partition coefficient (Wildman–Crippen LogP) is 1.27. The summed E-state index contributed by atoms with van der Waals surface area (Å²) >= 11 is 0. The van der Waals surface area contributed by atoms with E-state index in [1.807, 2.05) is 0 Å². The van der Waals surface area contributed by atoms with Crippen LogP contribution in [0.1, 0.15) is 34.1 Å². The minimum atomic E-state index is -1.35. The average molecular weight is 493 g/mol. The molecule has 0 aliphatic carbocycles. The van der Waals surface area contributed by atoms with Gasteiger partial charge in [0.15, 0.2) is 18.3 Å². The molecule has 0 aromatic heterocycles. The molecule has 35 heavy (non-hydrogen) atoms. The second-order valence-electron chi connectivity index (χ2n) is 7.31. The first-order chi connectivity index (χ1) is 16.6. The molecule has 3 unspecified atom stereocenters. The Hall–Kier alpha value is -4.16. The van der Waals surface area contributed by atoms with E-state index >= 15 is 0 Å². The van der Waals surface area contributed by atoms with Crippen molar-refractivity contribution in [1.82, 2.24) is 5.32 Å². The van der Waals surface area contributed by atoms with E-state index in [1.54, 1.807) is 37.3 Å². The average Bonchev–Trinajstić information content (AvgIpc) is 2.79. The fourth-order valence-corrected chi connectivity index (χ4v) is 3.07. The van der Waals surface area contributed by atoms with Crippen molar-refractivity contribution in [2.45, 2.75) is 58.5 Å². The zero-order valence-electron chi connectivity index (χ0n) is 19.6. The zero-order chi connectivity index (χ0) is 26.0. The lowest BCUT2D eigenvalue weighted by atomic mass is 9.96. The summed E-state index contributed by atoms with van der Waals surface area (Å²) in [6.07, 6.45) is -4.78. The van der Waals surface area contributed by atoms with Crippen LogP contribution in [0.25, 0.3) is 0 Å². The van der Waals surface area contributed by atoms with Gasteiger partial charge < -0.3 is 24.3 Å². The predicted molar refractivity (Wildman–Crippen MR) is 119 cm³/mol. The summed E-state index contributed by atoms with van der Waals surface area (Å²) in [7, 11) is 0. The molecular weight excluding hydrogens is 466 g/mol. The molecule has 0 saturated carbocycles. The number of nitrogens with one attached hydrogen (secondary N) is 2. The van der Waals surface area contributed by atoms with Crippen LogP contribution in [0, 0.1) is 0 Å². The first-order valence-corrected chi connectivity index (χ1v) is 10.7. The van der Waals surface area contributed by atoms with Gasteiger partial charge in [-0.3, -0.25) is 29.3 Å². The van der Waals surface area contributed by atoms with Gasteiger partial charge in [-0.05, 0) is 17.3 Å².